The number of anilines is 1. The van der Waals surface area contributed by atoms with Crippen molar-refractivity contribution in [2.75, 3.05) is 11.9 Å². The standard InChI is InChI=1S/C17H14FN3O2/c1-11-6-7-12(8-14(11)18)21-16(22)9-23-17-13-4-2-3-5-15(13)19-10-20-17/h2-8,10H,9H2,1H3,(H,21,22). The zero-order valence-corrected chi connectivity index (χ0v) is 12.4. The van der Waals surface area contributed by atoms with E-state index in [1.165, 1.54) is 12.4 Å². The van der Waals surface area contributed by atoms with E-state index in [4.69, 9.17) is 4.74 Å². The zero-order chi connectivity index (χ0) is 16.2. The van der Waals surface area contributed by atoms with E-state index < -0.39 is 5.91 Å². The van der Waals surface area contributed by atoms with Gasteiger partial charge in [-0.15, -0.1) is 0 Å². The Hall–Kier alpha value is -3.02. The summed E-state index contributed by atoms with van der Waals surface area (Å²) in [5, 5.41) is 3.31. The third-order valence-corrected chi connectivity index (χ3v) is 3.30. The molecule has 0 saturated heterocycles. The summed E-state index contributed by atoms with van der Waals surface area (Å²) >= 11 is 0. The van der Waals surface area contributed by atoms with E-state index in [0.29, 0.717) is 17.1 Å². The van der Waals surface area contributed by atoms with Crippen molar-refractivity contribution in [2.24, 2.45) is 0 Å². The third kappa shape index (κ3) is 3.42. The van der Waals surface area contributed by atoms with Crippen LogP contribution in [0.4, 0.5) is 10.1 Å². The second kappa shape index (κ2) is 6.39. The highest BCUT2D eigenvalue weighted by Crippen LogP contribution is 2.20. The highest BCUT2D eigenvalue weighted by atomic mass is 19.1. The van der Waals surface area contributed by atoms with E-state index in [1.54, 1.807) is 19.1 Å². The predicted octanol–water partition coefficient (Wildman–Crippen LogP) is 3.09. The SMILES string of the molecule is Cc1ccc(NC(=O)COc2ncnc3ccccc23)cc1F. The maximum absolute atomic E-state index is 13.5. The number of nitrogens with zero attached hydrogens (tertiary/aromatic N) is 2. The lowest BCUT2D eigenvalue weighted by Crippen LogP contribution is -2.20. The monoisotopic (exact) mass is 311 g/mol. The smallest absolute Gasteiger partial charge is 0.262 e. The fraction of sp³-hybridized carbons (Fsp3) is 0.118. The molecule has 0 aliphatic rings. The normalized spacial score (nSPS) is 10.5. The van der Waals surface area contributed by atoms with Crippen LogP contribution in [0.25, 0.3) is 10.9 Å². The molecule has 1 heterocycles. The van der Waals surface area contributed by atoms with Crippen LogP contribution < -0.4 is 10.1 Å². The van der Waals surface area contributed by atoms with E-state index in [-0.39, 0.29) is 12.4 Å². The Morgan fingerprint density at radius 2 is 2.04 bits per heavy atom. The third-order valence-electron chi connectivity index (χ3n) is 3.30. The van der Waals surface area contributed by atoms with Gasteiger partial charge in [-0.25, -0.2) is 14.4 Å². The van der Waals surface area contributed by atoms with Crippen molar-refractivity contribution in [2.45, 2.75) is 6.92 Å². The molecule has 3 aromatic rings. The van der Waals surface area contributed by atoms with E-state index in [1.807, 2.05) is 24.3 Å². The van der Waals surface area contributed by atoms with Crippen molar-refractivity contribution in [1.82, 2.24) is 9.97 Å². The van der Waals surface area contributed by atoms with Crippen LogP contribution in [0, 0.1) is 12.7 Å². The van der Waals surface area contributed by atoms with Gasteiger partial charge in [0.2, 0.25) is 5.88 Å². The first kappa shape index (κ1) is 14.9. The van der Waals surface area contributed by atoms with Crippen molar-refractivity contribution in [3.8, 4) is 5.88 Å². The number of ether oxygens (including phenoxy) is 1. The van der Waals surface area contributed by atoms with Crippen molar-refractivity contribution in [1.29, 1.82) is 0 Å². The van der Waals surface area contributed by atoms with E-state index in [9.17, 15) is 9.18 Å². The van der Waals surface area contributed by atoms with Crippen LogP contribution in [-0.2, 0) is 4.79 Å². The Kier molecular flexibility index (Phi) is 4.14. The molecule has 0 unspecified atom stereocenters. The summed E-state index contributed by atoms with van der Waals surface area (Å²) in [5.74, 6) is -0.428. The molecule has 6 heteroatoms. The number of fused-ring (bicyclic) bond motifs is 1. The lowest BCUT2D eigenvalue weighted by molar-refractivity contribution is -0.118. The van der Waals surface area contributed by atoms with Gasteiger partial charge in [0, 0.05) is 5.69 Å². The molecule has 23 heavy (non-hydrogen) atoms. The minimum absolute atomic E-state index is 0.226. The van der Waals surface area contributed by atoms with Crippen LogP contribution in [0.2, 0.25) is 0 Å². The highest BCUT2D eigenvalue weighted by molar-refractivity contribution is 5.92. The molecule has 0 fully saturated rings. The van der Waals surface area contributed by atoms with Gasteiger partial charge in [-0.2, -0.15) is 0 Å². The van der Waals surface area contributed by atoms with Crippen LogP contribution in [0.5, 0.6) is 5.88 Å². The molecule has 1 N–H and O–H groups in total. The number of hydrogen-bond acceptors (Lipinski definition) is 4. The first-order valence-electron chi connectivity index (χ1n) is 7.02. The number of rotatable bonds is 4. The summed E-state index contributed by atoms with van der Waals surface area (Å²) in [6.07, 6.45) is 1.38. The number of aromatic nitrogens is 2. The Bertz CT molecular complexity index is 862. The van der Waals surface area contributed by atoms with Crippen molar-refractivity contribution in [3.63, 3.8) is 0 Å². The Labute approximate surface area is 132 Å². The summed E-state index contributed by atoms with van der Waals surface area (Å²) in [5.41, 5.74) is 1.64. The molecule has 116 valence electrons. The van der Waals surface area contributed by atoms with E-state index >= 15 is 0 Å². The van der Waals surface area contributed by atoms with E-state index in [0.717, 1.165) is 10.9 Å². The summed E-state index contributed by atoms with van der Waals surface area (Å²) in [6, 6.07) is 11.9. The minimum atomic E-state index is -0.393. The number of halogens is 1. The molecular formula is C17H14FN3O2. The first-order chi connectivity index (χ1) is 11.1. The lowest BCUT2D eigenvalue weighted by Gasteiger charge is -2.09. The molecule has 1 amide bonds. The molecule has 0 spiro atoms. The lowest BCUT2D eigenvalue weighted by atomic mass is 10.2. The number of hydrogen-bond donors (Lipinski definition) is 1. The van der Waals surface area contributed by atoms with Gasteiger partial charge in [0.1, 0.15) is 12.1 Å². The fourth-order valence-corrected chi connectivity index (χ4v) is 2.10. The van der Waals surface area contributed by atoms with Crippen LogP contribution in [-0.4, -0.2) is 22.5 Å². The second-order valence-corrected chi connectivity index (χ2v) is 5.00. The molecule has 2 aromatic carbocycles. The number of carbonyl (C=O) groups is 1. The van der Waals surface area contributed by atoms with Gasteiger partial charge in [-0.05, 0) is 36.8 Å². The first-order valence-corrected chi connectivity index (χ1v) is 7.02. The summed E-state index contributed by atoms with van der Waals surface area (Å²) in [4.78, 5) is 20.1. The Balaban J connectivity index is 1.67. The average Bonchev–Trinajstić information content (AvgIpc) is 2.56. The van der Waals surface area contributed by atoms with Crippen LogP contribution in [0.15, 0.2) is 48.8 Å². The summed E-state index contributed by atoms with van der Waals surface area (Å²) in [7, 11) is 0. The Morgan fingerprint density at radius 3 is 2.87 bits per heavy atom. The number of nitrogens with one attached hydrogen (secondary N) is 1. The molecule has 0 radical (unpaired) electrons. The summed E-state index contributed by atoms with van der Waals surface area (Å²) < 4.78 is 18.9. The molecule has 3 rings (SSSR count). The average molecular weight is 311 g/mol. The molecule has 0 aliphatic carbocycles. The zero-order valence-electron chi connectivity index (χ0n) is 12.4. The molecule has 0 atom stereocenters. The van der Waals surface area contributed by atoms with Gasteiger partial charge in [0.25, 0.3) is 5.91 Å². The molecule has 0 saturated carbocycles. The number of benzene rings is 2. The van der Waals surface area contributed by atoms with Gasteiger partial charge in [-0.1, -0.05) is 18.2 Å². The maximum atomic E-state index is 13.5. The van der Waals surface area contributed by atoms with Gasteiger partial charge >= 0.3 is 0 Å². The quantitative estimate of drug-likeness (QED) is 0.804. The van der Waals surface area contributed by atoms with Gasteiger partial charge in [-0.3, -0.25) is 4.79 Å². The van der Waals surface area contributed by atoms with E-state index in [2.05, 4.69) is 15.3 Å². The second-order valence-electron chi connectivity index (χ2n) is 5.00. The predicted molar refractivity (Wildman–Crippen MR) is 84.8 cm³/mol. The molecular weight excluding hydrogens is 297 g/mol. The molecule has 1 aromatic heterocycles. The minimum Gasteiger partial charge on any atom is -0.467 e. The summed E-state index contributed by atoms with van der Waals surface area (Å²) in [6.45, 7) is 1.43. The molecule has 5 nitrogen and oxygen atoms in total. The topological polar surface area (TPSA) is 64.1 Å². The van der Waals surface area contributed by atoms with Crippen LogP contribution in [0.1, 0.15) is 5.56 Å². The van der Waals surface area contributed by atoms with Crippen molar-refractivity contribution < 1.29 is 13.9 Å². The molecule has 0 aliphatic heterocycles. The van der Waals surface area contributed by atoms with Crippen molar-refractivity contribution in [3.05, 3.63) is 60.2 Å². The Morgan fingerprint density at radius 1 is 1.22 bits per heavy atom. The number of carbonyl (C=O) groups excluding carboxylic acids is 1. The number of amides is 1. The van der Waals surface area contributed by atoms with Gasteiger partial charge < -0.3 is 10.1 Å². The largest absolute Gasteiger partial charge is 0.467 e. The van der Waals surface area contributed by atoms with Gasteiger partial charge in [0.05, 0.1) is 10.9 Å². The van der Waals surface area contributed by atoms with Crippen LogP contribution in [0.3, 0.4) is 0 Å². The number of para-hydroxylation sites is 1. The number of aryl methyl sites for hydroxylation is 1. The molecule has 0 bridgehead atoms. The van der Waals surface area contributed by atoms with Gasteiger partial charge in [0.15, 0.2) is 6.61 Å². The fourth-order valence-electron chi connectivity index (χ4n) is 2.10. The maximum Gasteiger partial charge on any atom is 0.262 e. The highest BCUT2D eigenvalue weighted by Gasteiger charge is 2.09. The van der Waals surface area contributed by atoms with Crippen molar-refractivity contribution >= 4 is 22.5 Å². The van der Waals surface area contributed by atoms with Crippen LogP contribution >= 0.6 is 0 Å².